The molecule has 0 aromatic heterocycles. The summed E-state index contributed by atoms with van der Waals surface area (Å²) in [6.45, 7) is 7.40. The molecular formula is C16H22BrNO4. The highest BCUT2D eigenvalue weighted by Gasteiger charge is 2.24. The maximum absolute atomic E-state index is 12.0. The predicted octanol–water partition coefficient (Wildman–Crippen LogP) is 3.76. The third-order valence-corrected chi connectivity index (χ3v) is 3.45. The van der Waals surface area contributed by atoms with Crippen LogP contribution in [-0.4, -0.2) is 29.4 Å². The Hall–Kier alpha value is -1.56. The van der Waals surface area contributed by atoms with Crippen molar-refractivity contribution in [2.45, 2.75) is 44.5 Å². The highest BCUT2D eigenvalue weighted by atomic mass is 79.9. The minimum absolute atomic E-state index is 0.0228. The first-order chi connectivity index (χ1) is 10.2. The summed E-state index contributed by atoms with van der Waals surface area (Å²) in [6, 6.07) is 4.91. The van der Waals surface area contributed by atoms with E-state index in [4.69, 9.17) is 9.47 Å². The lowest BCUT2D eigenvalue weighted by atomic mass is 10.1. The molecule has 1 rings (SSSR count). The first-order valence-electron chi connectivity index (χ1n) is 7.08. The lowest BCUT2D eigenvalue weighted by molar-refractivity contribution is -0.117. The molecule has 122 valence electrons. The van der Waals surface area contributed by atoms with Crippen LogP contribution in [0, 0.1) is 0 Å². The lowest BCUT2D eigenvalue weighted by Crippen LogP contribution is -2.31. The van der Waals surface area contributed by atoms with Crippen LogP contribution in [0.4, 0.5) is 5.69 Å². The Morgan fingerprint density at radius 2 is 2.00 bits per heavy atom. The van der Waals surface area contributed by atoms with Crippen LogP contribution >= 0.6 is 15.9 Å². The quantitative estimate of drug-likeness (QED) is 0.610. The minimum atomic E-state index is -0.704. The zero-order valence-corrected chi connectivity index (χ0v) is 15.1. The number of amides is 1. The monoisotopic (exact) mass is 371 g/mol. The zero-order chi connectivity index (χ0) is 16.9. The predicted molar refractivity (Wildman–Crippen MR) is 89.8 cm³/mol. The summed E-state index contributed by atoms with van der Waals surface area (Å²) in [5.41, 5.74) is 0.794. The second-order valence-electron chi connectivity index (χ2n) is 5.47. The van der Waals surface area contributed by atoms with Gasteiger partial charge >= 0.3 is 5.97 Å². The Morgan fingerprint density at radius 1 is 1.36 bits per heavy atom. The van der Waals surface area contributed by atoms with E-state index in [2.05, 4.69) is 21.2 Å². The lowest BCUT2D eigenvalue weighted by Gasteiger charge is -2.18. The molecule has 0 saturated carbocycles. The summed E-state index contributed by atoms with van der Waals surface area (Å²) in [5.74, 6) is -0.274. The molecule has 0 bridgehead atoms. The molecule has 0 heterocycles. The van der Waals surface area contributed by atoms with Gasteiger partial charge in [-0.3, -0.25) is 4.79 Å². The van der Waals surface area contributed by atoms with E-state index >= 15 is 0 Å². The first-order valence-corrected chi connectivity index (χ1v) is 7.87. The fourth-order valence-corrected chi connectivity index (χ4v) is 1.66. The number of ether oxygens (including phenoxy) is 2. The van der Waals surface area contributed by atoms with Gasteiger partial charge in [0.05, 0.1) is 17.5 Å². The van der Waals surface area contributed by atoms with Gasteiger partial charge in [0.2, 0.25) is 5.91 Å². The standard InChI is InChI=1S/C16H22BrNO4/c1-6-10(2)22-13-8-7-11(9-12(13)14(19)21-5)18-15(20)16(3,4)17/h7-10H,6H2,1-5H3,(H,18,20)/t10-/m1/s1. The number of rotatable bonds is 6. The molecule has 1 aromatic carbocycles. The van der Waals surface area contributed by atoms with Crippen molar-refractivity contribution in [3.63, 3.8) is 0 Å². The molecule has 0 unspecified atom stereocenters. The van der Waals surface area contributed by atoms with Crippen LogP contribution in [0.25, 0.3) is 0 Å². The summed E-state index contributed by atoms with van der Waals surface area (Å²) < 4.78 is 9.80. The summed E-state index contributed by atoms with van der Waals surface area (Å²) in [5, 5.41) is 2.75. The number of alkyl halides is 1. The molecule has 1 atom stereocenters. The number of carbonyl (C=O) groups excluding carboxylic acids is 2. The second-order valence-corrected chi connectivity index (χ2v) is 7.45. The van der Waals surface area contributed by atoms with Crippen molar-refractivity contribution in [1.29, 1.82) is 0 Å². The summed E-state index contributed by atoms with van der Waals surface area (Å²) in [6.07, 6.45) is 0.793. The Morgan fingerprint density at radius 3 is 2.50 bits per heavy atom. The topological polar surface area (TPSA) is 64.6 Å². The molecule has 1 aromatic rings. The maximum atomic E-state index is 12.0. The zero-order valence-electron chi connectivity index (χ0n) is 13.5. The second kappa shape index (κ2) is 7.63. The van der Waals surface area contributed by atoms with Gasteiger partial charge in [-0.2, -0.15) is 0 Å². The van der Waals surface area contributed by atoms with E-state index in [1.165, 1.54) is 7.11 Å². The molecule has 0 aliphatic rings. The summed E-state index contributed by atoms with van der Waals surface area (Å²) >= 11 is 3.29. The number of benzene rings is 1. The maximum Gasteiger partial charge on any atom is 0.341 e. The Balaban J connectivity index is 3.09. The summed E-state index contributed by atoms with van der Waals surface area (Å²) in [7, 11) is 1.31. The van der Waals surface area contributed by atoms with Crippen LogP contribution in [0.1, 0.15) is 44.5 Å². The van der Waals surface area contributed by atoms with Gasteiger partial charge in [0.15, 0.2) is 0 Å². The number of esters is 1. The molecule has 1 N–H and O–H groups in total. The highest BCUT2D eigenvalue weighted by Crippen LogP contribution is 2.26. The Labute approximate surface area is 139 Å². The van der Waals surface area contributed by atoms with Crippen LogP contribution in [0.15, 0.2) is 18.2 Å². The smallest absolute Gasteiger partial charge is 0.341 e. The average Bonchev–Trinajstić information content (AvgIpc) is 2.46. The number of carbonyl (C=O) groups is 2. The Kier molecular flexibility index (Phi) is 6.41. The summed E-state index contributed by atoms with van der Waals surface area (Å²) in [4.78, 5) is 23.9. The van der Waals surface area contributed by atoms with E-state index in [0.29, 0.717) is 11.4 Å². The van der Waals surface area contributed by atoms with E-state index in [1.807, 2.05) is 13.8 Å². The van der Waals surface area contributed by atoms with E-state index in [9.17, 15) is 9.59 Å². The average molecular weight is 372 g/mol. The van der Waals surface area contributed by atoms with Crippen molar-refractivity contribution in [2.24, 2.45) is 0 Å². The molecule has 22 heavy (non-hydrogen) atoms. The van der Waals surface area contributed by atoms with E-state index < -0.39 is 10.3 Å². The van der Waals surface area contributed by atoms with Crippen LogP contribution in [-0.2, 0) is 9.53 Å². The van der Waals surface area contributed by atoms with Gasteiger partial charge in [-0.1, -0.05) is 22.9 Å². The fourth-order valence-electron chi connectivity index (χ4n) is 1.56. The molecule has 0 aliphatic carbocycles. The van der Waals surface area contributed by atoms with Gasteiger partial charge in [-0.05, 0) is 45.4 Å². The highest BCUT2D eigenvalue weighted by molar-refractivity contribution is 9.10. The minimum Gasteiger partial charge on any atom is -0.490 e. The van der Waals surface area contributed by atoms with E-state index in [1.54, 1.807) is 32.0 Å². The van der Waals surface area contributed by atoms with Crippen molar-refractivity contribution >= 4 is 33.5 Å². The first kappa shape index (κ1) is 18.5. The van der Waals surface area contributed by atoms with Crippen molar-refractivity contribution in [3.8, 4) is 5.75 Å². The Bertz CT molecular complexity index is 552. The van der Waals surface area contributed by atoms with Crippen molar-refractivity contribution in [2.75, 3.05) is 12.4 Å². The third kappa shape index (κ3) is 5.02. The molecule has 6 heteroatoms. The van der Waals surface area contributed by atoms with Crippen LogP contribution < -0.4 is 10.1 Å². The van der Waals surface area contributed by atoms with Gasteiger partial charge < -0.3 is 14.8 Å². The number of methoxy groups -OCH3 is 1. The van der Waals surface area contributed by atoms with Crippen LogP contribution in [0.2, 0.25) is 0 Å². The molecule has 1 amide bonds. The molecule has 0 aliphatic heterocycles. The van der Waals surface area contributed by atoms with E-state index in [-0.39, 0.29) is 17.6 Å². The molecule has 0 fully saturated rings. The molecular weight excluding hydrogens is 350 g/mol. The van der Waals surface area contributed by atoms with Gasteiger partial charge in [0.1, 0.15) is 11.3 Å². The molecule has 0 saturated heterocycles. The molecule has 0 radical (unpaired) electrons. The number of halogens is 1. The van der Waals surface area contributed by atoms with Gasteiger partial charge in [0.25, 0.3) is 0 Å². The van der Waals surface area contributed by atoms with Crippen LogP contribution in [0.5, 0.6) is 5.75 Å². The van der Waals surface area contributed by atoms with Crippen molar-refractivity contribution in [3.05, 3.63) is 23.8 Å². The number of hydrogen-bond acceptors (Lipinski definition) is 4. The fraction of sp³-hybridized carbons (Fsp3) is 0.500. The van der Waals surface area contributed by atoms with Gasteiger partial charge in [-0.25, -0.2) is 4.79 Å². The number of nitrogens with one attached hydrogen (secondary N) is 1. The molecule has 5 nitrogen and oxygen atoms in total. The SMILES string of the molecule is CC[C@@H](C)Oc1ccc(NC(=O)C(C)(C)Br)cc1C(=O)OC. The normalized spacial score (nSPS) is 12.5. The van der Waals surface area contributed by atoms with Crippen molar-refractivity contribution < 1.29 is 19.1 Å². The van der Waals surface area contributed by atoms with Crippen LogP contribution in [0.3, 0.4) is 0 Å². The van der Waals surface area contributed by atoms with Crippen molar-refractivity contribution in [1.82, 2.24) is 0 Å². The van der Waals surface area contributed by atoms with Gasteiger partial charge in [-0.15, -0.1) is 0 Å². The number of anilines is 1. The number of hydrogen-bond donors (Lipinski definition) is 1. The third-order valence-electron chi connectivity index (χ3n) is 3.09. The van der Waals surface area contributed by atoms with Gasteiger partial charge in [0, 0.05) is 5.69 Å². The largest absolute Gasteiger partial charge is 0.490 e. The van der Waals surface area contributed by atoms with E-state index in [0.717, 1.165) is 6.42 Å². The molecule has 0 spiro atoms.